The molecule has 0 spiro atoms. The van der Waals surface area contributed by atoms with Crippen LogP contribution in [0.15, 0.2) is 33.6 Å². The van der Waals surface area contributed by atoms with E-state index in [1.54, 1.807) is 26.0 Å². The fourth-order valence-electron chi connectivity index (χ4n) is 2.43. The SMILES string of the molecule is CCC(C)Nc1oc(-c2ccc(S(=O)(=O)N(CC)CC)cc2)nc1C#N. The Kier molecular flexibility index (Phi) is 6.40. The molecule has 0 bridgehead atoms. The van der Waals surface area contributed by atoms with E-state index in [0.717, 1.165) is 6.42 Å². The summed E-state index contributed by atoms with van der Waals surface area (Å²) in [5.74, 6) is 0.607. The number of rotatable bonds is 8. The summed E-state index contributed by atoms with van der Waals surface area (Å²) in [6, 6.07) is 8.48. The van der Waals surface area contributed by atoms with Crippen LogP contribution < -0.4 is 5.32 Å². The molecule has 0 aliphatic rings. The summed E-state index contributed by atoms with van der Waals surface area (Å²) < 4.78 is 32.1. The Morgan fingerprint density at radius 2 is 1.85 bits per heavy atom. The van der Waals surface area contributed by atoms with Gasteiger partial charge in [-0.15, -0.1) is 0 Å². The van der Waals surface area contributed by atoms with Crippen LogP contribution in [-0.4, -0.2) is 36.8 Å². The van der Waals surface area contributed by atoms with Gasteiger partial charge >= 0.3 is 0 Å². The van der Waals surface area contributed by atoms with E-state index >= 15 is 0 Å². The predicted molar refractivity (Wildman–Crippen MR) is 100 cm³/mol. The highest BCUT2D eigenvalue weighted by atomic mass is 32.2. The molecule has 0 radical (unpaired) electrons. The molecule has 1 N–H and O–H groups in total. The van der Waals surface area contributed by atoms with Crippen molar-refractivity contribution in [3.05, 3.63) is 30.0 Å². The highest BCUT2D eigenvalue weighted by Crippen LogP contribution is 2.27. The van der Waals surface area contributed by atoms with Gasteiger partial charge in [0, 0.05) is 24.7 Å². The Hall–Kier alpha value is -2.37. The van der Waals surface area contributed by atoms with Gasteiger partial charge in [-0.1, -0.05) is 20.8 Å². The number of aromatic nitrogens is 1. The fraction of sp³-hybridized carbons (Fsp3) is 0.444. The van der Waals surface area contributed by atoms with E-state index in [1.807, 2.05) is 19.9 Å². The maximum absolute atomic E-state index is 12.5. The van der Waals surface area contributed by atoms with E-state index in [-0.39, 0.29) is 22.5 Å². The lowest BCUT2D eigenvalue weighted by Crippen LogP contribution is -2.30. The highest BCUT2D eigenvalue weighted by molar-refractivity contribution is 7.89. The predicted octanol–water partition coefficient (Wildman–Crippen LogP) is 3.45. The van der Waals surface area contributed by atoms with Crippen molar-refractivity contribution in [3.8, 4) is 17.5 Å². The van der Waals surface area contributed by atoms with E-state index < -0.39 is 10.0 Å². The monoisotopic (exact) mass is 376 g/mol. The zero-order valence-corrected chi connectivity index (χ0v) is 16.3. The third-order valence-electron chi connectivity index (χ3n) is 4.17. The molecule has 2 rings (SSSR count). The smallest absolute Gasteiger partial charge is 0.243 e. The quantitative estimate of drug-likeness (QED) is 0.757. The van der Waals surface area contributed by atoms with Gasteiger partial charge in [-0.3, -0.25) is 0 Å². The van der Waals surface area contributed by atoms with Gasteiger partial charge in [0.15, 0.2) is 0 Å². The van der Waals surface area contributed by atoms with Gasteiger partial charge in [0.05, 0.1) is 4.90 Å². The van der Waals surface area contributed by atoms with Gasteiger partial charge in [0.2, 0.25) is 27.5 Å². The second kappa shape index (κ2) is 8.34. The molecule has 7 nitrogen and oxygen atoms in total. The van der Waals surface area contributed by atoms with Crippen LogP contribution in [0.2, 0.25) is 0 Å². The summed E-state index contributed by atoms with van der Waals surface area (Å²) in [6.45, 7) is 8.44. The van der Waals surface area contributed by atoms with Crippen LogP contribution >= 0.6 is 0 Å². The van der Waals surface area contributed by atoms with Crippen LogP contribution in [0.3, 0.4) is 0 Å². The maximum atomic E-state index is 12.5. The summed E-state index contributed by atoms with van der Waals surface area (Å²) in [5.41, 5.74) is 0.789. The molecular formula is C18H24N4O3S. The summed E-state index contributed by atoms with van der Waals surface area (Å²) in [5, 5.41) is 12.3. The number of sulfonamides is 1. The normalized spacial score (nSPS) is 12.8. The first kappa shape index (κ1) is 19.9. The third-order valence-corrected chi connectivity index (χ3v) is 6.23. The molecule has 0 amide bonds. The molecule has 0 fully saturated rings. The van der Waals surface area contributed by atoms with Crippen molar-refractivity contribution in [2.45, 2.75) is 45.1 Å². The molecule has 140 valence electrons. The Labute approximate surface area is 154 Å². The van der Waals surface area contributed by atoms with Crippen LogP contribution in [0.5, 0.6) is 0 Å². The summed E-state index contributed by atoms with van der Waals surface area (Å²) in [6.07, 6.45) is 0.874. The third kappa shape index (κ3) is 4.06. The van der Waals surface area contributed by atoms with Crippen molar-refractivity contribution in [3.63, 3.8) is 0 Å². The molecule has 1 atom stereocenters. The first-order valence-electron chi connectivity index (χ1n) is 8.65. The average Bonchev–Trinajstić information content (AvgIpc) is 3.05. The molecule has 1 heterocycles. The Morgan fingerprint density at radius 1 is 1.23 bits per heavy atom. The van der Waals surface area contributed by atoms with E-state index in [4.69, 9.17) is 4.42 Å². The minimum atomic E-state index is -3.51. The largest absolute Gasteiger partial charge is 0.419 e. The number of hydrogen-bond acceptors (Lipinski definition) is 6. The first-order valence-corrected chi connectivity index (χ1v) is 10.1. The van der Waals surface area contributed by atoms with Gasteiger partial charge < -0.3 is 9.73 Å². The van der Waals surface area contributed by atoms with Crippen molar-refractivity contribution in [2.24, 2.45) is 0 Å². The van der Waals surface area contributed by atoms with E-state index in [0.29, 0.717) is 24.5 Å². The number of nitrogens with zero attached hydrogens (tertiary/aromatic N) is 3. The van der Waals surface area contributed by atoms with E-state index in [1.165, 1.54) is 16.4 Å². The molecule has 26 heavy (non-hydrogen) atoms. The summed E-state index contributed by atoms with van der Waals surface area (Å²) in [4.78, 5) is 4.41. The number of nitrogens with one attached hydrogen (secondary N) is 1. The Balaban J connectivity index is 2.33. The minimum Gasteiger partial charge on any atom is -0.419 e. The second-order valence-electron chi connectivity index (χ2n) is 5.88. The van der Waals surface area contributed by atoms with Crippen molar-refractivity contribution >= 4 is 15.9 Å². The fourth-order valence-corrected chi connectivity index (χ4v) is 3.88. The number of anilines is 1. The lowest BCUT2D eigenvalue weighted by Gasteiger charge is -2.18. The molecular weight excluding hydrogens is 352 g/mol. The van der Waals surface area contributed by atoms with Crippen molar-refractivity contribution in [2.75, 3.05) is 18.4 Å². The van der Waals surface area contributed by atoms with E-state index in [2.05, 4.69) is 10.3 Å². The van der Waals surface area contributed by atoms with Gasteiger partial charge in [-0.2, -0.15) is 14.6 Å². The molecule has 2 aromatic rings. The van der Waals surface area contributed by atoms with Gasteiger partial charge in [0.1, 0.15) is 6.07 Å². The lowest BCUT2D eigenvalue weighted by molar-refractivity contribution is 0.445. The van der Waals surface area contributed by atoms with Gasteiger partial charge in [-0.05, 0) is 37.6 Å². The van der Waals surface area contributed by atoms with Crippen LogP contribution in [0.25, 0.3) is 11.5 Å². The molecule has 1 aromatic heterocycles. The zero-order chi connectivity index (χ0) is 19.3. The second-order valence-corrected chi connectivity index (χ2v) is 7.81. The van der Waals surface area contributed by atoms with Crippen LogP contribution in [0.4, 0.5) is 5.88 Å². The molecule has 0 saturated heterocycles. The molecule has 0 aliphatic heterocycles. The lowest BCUT2D eigenvalue weighted by atomic mass is 10.2. The average molecular weight is 376 g/mol. The molecule has 0 aliphatic carbocycles. The number of oxazole rings is 1. The first-order chi connectivity index (χ1) is 12.4. The van der Waals surface area contributed by atoms with Crippen LogP contribution in [-0.2, 0) is 10.0 Å². The molecule has 1 aromatic carbocycles. The topological polar surface area (TPSA) is 99.2 Å². The van der Waals surface area contributed by atoms with Crippen LogP contribution in [0, 0.1) is 11.3 Å². The van der Waals surface area contributed by atoms with Crippen molar-refractivity contribution in [1.82, 2.24) is 9.29 Å². The highest BCUT2D eigenvalue weighted by Gasteiger charge is 2.22. The Bertz CT molecular complexity index is 878. The van der Waals surface area contributed by atoms with Gasteiger partial charge in [-0.25, -0.2) is 8.42 Å². The molecule has 1 unspecified atom stereocenters. The number of nitriles is 1. The van der Waals surface area contributed by atoms with Crippen LogP contribution in [0.1, 0.15) is 39.8 Å². The van der Waals surface area contributed by atoms with Gasteiger partial charge in [0.25, 0.3) is 0 Å². The Morgan fingerprint density at radius 3 is 2.35 bits per heavy atom. The standard InChI is InChI=1S/C18H24N4O3S/c1-5-13(4)20-18-16(12-19)21-17(25-18)14-8-10-15(11-9-14)26(23,24)22(6-2)7-3/h8-11,13,20H,5-7H2,1-4H3. The summed E-state index contributed by atoms with van der Waals surface area (Å²) >= 11 is 0. The van der Waals surface area contributed by atoms with E-state index in [9.17, 15) is 13.7 Å². The minimum absolute atomic E-state index is 0.143. The van der Waals surface area contributed by atoms with Crippen molar-refractivity contribution < 1.29 is 12.8 Å². The number of benzene rings is 1. The van der Waals surface area contributed by atoms with Crippen molar-refractivity contribution in [1.29, 1.82) is 5.26 Å². The maximum Gasteiger partial charge on any atom is 0.243 e. The molecule has 0 saturated carbocycles. The summed E-state index contributed by atoms with van der Waals surface area (Å²) in [7, 11) is -3.51. The molecule has 8 heteroatoms. The number of hydrogen-bond donors (Lipinski definition) is 1. The zero-order valence-electron chi connectivity index (χ0n) is 15.5.